The van der Waals surface area contributed by atoms with Crippen LogP contribution in [0.1, 0.15) is 51.7 Å². The highest BCUT2D eigenvalue weighted by atomic mass is 16.5. The van der Waals surface area contributed by atoms with Crippen molar-refractivity contribution < 1.29 is 14.6 Å². The molecule has 2 aromatic carbocycles. The van der Waals surface area contributed by atoms with Gasteiger partial charge in [-0.1, -0.05) is 36.4 Å². The molecule has 0 radical (unpaired) electrons. The number of rotatable bonds is 2. The van der Waals surface area contributed by atoms with Crippen LogP contribution in [-0.2, 0) is 10.3 Å². The Labute approximate surface area is 129 Å². The van der Waals surface area contributed by atoms with E-state index in [1.54, 1.807) is 6.07 Å². The second-order valence-electron chi connectivity index (χ2n) is 6.31. The molecule has 1 fully saturated rings. The molecule has 0 amide bonds. The molecule has 22 heavy (non-hydrogen) atoms. The largest absolute Gasteiger partial charge is 0.465 e. The van der Waals surface area contributed by atoms with Crippen LogP contribution in [0.4, 0.5) is 0 Å². The van der Waals surface area contributed by atoms with Crippen LogP contribution in [-0.4, -0.2) is 18.2 Å². The van der Waals surface area contributed by atoms with Crippen LogP contribution in [0.3, 0.4) is 0 Å². The Morgan fingerprint density at radius 1 is 1.18 bits per heavy atom. The lowest BCUT2D eigenvalue weighted by molar-refractivity contribution is 0.0209. The van der Waals surface area contributed by atoms with Crippen molar-refractivity contribution in [2.24, 2.45) is 0 Å². The van der Waals surface area contributed by atoms with Gasteiger partial charge in [0.15, 0.2) is 0 Å². The molecule has 1 saturated carbocycles. The molecule has 2 aromatic rings. The van der Waals surface area contributed by atoms with Crippen LogP contribution >= 0.6 is 0 Å². The summed E-state index contributed by atoms with van der Waals surface area (Å²) in [5.41, 5.74) is 3.18. The van der Waals surface area contributed by atoms with Gasteiger partial charge in [-0.15, -0.1) is 0 Å². The van der Waals surface area contributed by atoms with Crippen LogP contribution in [0.15, 0.2) is 48.5 Å². The third-order valence-electron chi connectivity index (χ3n) is 5.25. The minimum atomic E-state index is -0.786. The van der Waals surface area contributed by atoms with E-state index in [-0.39, 0.29) is 11.9 Å². The van der Waals surface area contributed by atoms with Crippen LogP contribution < -0.4 is 0 Å². The first kappa shape index (κ1) is 13.5. The van der Waals surface area contributed by atoms with E-state index in [1.165, 1.54) is 18.2 Å². The molecule has 112 valence electrons. The van der Waals surface area contributed by atoms with Gasteiger partial charge in [0.1, 0.15) is 0 Å². The molecular formula is C19H18O3. The number of hydrogen-bond acceptors (Lipinski definition) is 3. The summed E-state index contributed by atoms with van der Waals surface area (Å²) in [4.78, 5) is 11.7. The molecule has 1 N–H and O–H groups in total. The molecular weight excluding hydrogens is 276 g/mol. The number of carbonyl (C=O) groups is 1. The number of hydrogen-bond donors (Lipinski definition) is 1. The molecule has 3 nitrogen and oxygen atoms in total. The van der Waals surface area contributed by atoms with Crippen LogP contribution in [0.5, 0.6) is 0 Å². The van der Waals surface area contributed by atoms with Crippen molar-refractivity contribution in [3.05, 3.63) is 70.8 Å². The molecule has 2 bridgehead atoms. The fourth-order valence-electron chi connectivity index (χ4n) is 4.24. The van der Waals surface area contributed by atoms with E-state index in [0.29, 0.717) is 11.5 Å². The van der Waals surface area contributed by atoms with Gasteiger partial charge in [0.05, 0.1) is 18.3 Å². The zero-order valence-corrected chi connectivity index (χ0v) is 12.5. The summed E-state index contributed by atoms with van der Waals surface area (Å²) in [6.07, 6.45) is 1.67. The van der Waals surface area contributed by atoms with E-state index in [4.69, 9.17) is 4.74 Å². The first-order valence-electron chi connectivity index (χ1n) is 7.63. The highest BCUT2D eigenvalue weighted by Gasteiger charge is 2.53. The third-order valence-corrected chi connectivity index (χ3v) is 5.25. The quantitative estimate of drug-likeness (QED) is 0.864. The normalized spacial score (nSPS) is 28.5. The van der Waals surface area contributed by atoms with Crippen molar-refractivity contribution in [3.63, 3.8) is 0 Å². The first-order chi connectivity index (χ1) is 10.6. The van der Waals surface area contributed by atoms with Crippen molar-refractivity contribution in [2.75, 3.05) is 7.11 Å². The standard InChI is InChI=1S/C19H18O3/c1-22-18(20)12-7-8-15-16(9-12)13-10-17(15)19(21,11-13)14-5-3-2-4-6-14/h2-9,13,17,21H,10-11H2,1H3/t13-,17-,19-/m0/s1. The first-order valence-corrected chi connectivity index (χ1v) is 7.63. The van der Waals surface area contributed by atoms with Gasteiger partial charge in [-0.25, -0.2) is 4.79 Å². The maximum Gasteiger partial charge on any atom is 0.337 e. The second-order valence-corrected chi connectivity index (χ2v) is 6.31. The zero-order chi connectivity index (χ0) is 15.3. The predicted molar refractivity (Wildman–Crippen MR) is 82.8 cm³/mol. The second kappa shape index (κ2) is 4.68. The van der Waals surface area contributed by atoms with Gasteiger partial charge in [0.25, 0.3) is 0 Å². The SMILES string of the molecule is COC(=O)c1ccc2c(c1)[C@H]1C[C@@H]2[C@@](O)(c2ccccc2)C1. The Balaban J connectivity index is 1.76. The number of fused-ring (bicyclic) bond motifs is 5. The summed E-state index contributed by atoms with van der Waals surface area (Å²) >= 11 is 0. The monoisotopic (exact) mass is 294 g/mol. The average Bonchev–Trinajstić information content (AvgIpc) is 3.10. The number of esters is 1. The number of aliphatic hydroxyl groups is 1. The zero-order valence-electron chi connectivity index (χ0n) is 12.5. The van der Waals surface area contributed by atoms with Crippen molar-refractivity contribution in [3.8, 4) is 0 Å². The molecule has 2 aliphatic rings. The fraction of sp³-hybridized carbons (Fsp3) is 0.316. The summed E-state index contributed by atoms with van der Waals surface area (Å²) < 4.78 is 4.80. The minimum absolute atomic E-state index is 0.113. The number of carbonyl (C=O) groups excluding carboxylic acids is 1. The fourth-order valence-corrected chi connectivity index (χ4v) is 4.24. The molecule has 0 unspecified atom stereocenters. The van der Waals surface area contributed by atoms with E-state index in [2.05, 4.69) is 0 Å². The van der Waals surface area contributed by atoms with E-state index >= 15 is 0 Å². The maximum absolute atomic E-state index is 11.7. The molecule has 4 rings (SSSR count). The molecule has 0 aliphatic heterocycles. The Bertz CT molecular complexity index is 738. The number of benzene rings is 2. The van der Waals surface area contributed by atoms with Crippen LogP contribution in [0.25, 0.3) is 0 Å². The molecule has 0 heterocycles. The maximum atomic E-state index is 11.7. The lowest BCUT2D eigenvalue weighted by atomic mass is 9.75. The van der Waals surface area contributed by atoms with E-state index in [1.807, 2.05) is 42.5 Å². The molecule has 0 spiro atoms. The van der Waals surface area contributed by atoms with Crippen molar-refractivity contribution in [1.82, 2.24) is 0 Å². The molecule has 0 saturated heterocycles. The summed E-state index contributed by atoms with van der Waals surface area (Å²) in [5, 5.41) is 11.2. The lowest BCUT2D eigenvalue weighted by Crippen LogP contribution is -2.31. The number of ether oxygens (including phenoxy) is 1. The Kier molecular flexibility index (Phi) is 2.88. The highest BCUT2D eigenvalue weighted by molar-refractivity contribution is 5.89. The molecule has 2 aliphatic carbocycles. The smallest absolute Gasteiger partial charge is 0.337 e. The van der Waals surface area contributed by atoms with Gasteiger partial charge in [-0.3, -0.25) is 0 Å². The number of methoxy groups -OCH3 is 1. The van der Waals surface area contributed by atoms with E-state index in [9.17, 15) is 9.90 Å². The lowest BCUT2D eigenvalue weighted by Gasteiger charge is -2.34. The summed E-state index contributed by atoms with van der Waals surface area (Å²) in [7, 11) is 1.40. The topological polar surface area (TPSA) is 46.5 Å². The Morgan fingerprint density at radius 3 is 2.68 bits per heavy atom. The van der Waals surface area contributed by atoms with E-state index < -0.39 is 5.60 Å². The van der Waals surface area contributed by atoms with Gasteiger partial charge in [0.2, 0.25) is 0 Å². The molecule has 3 atom stereocenters. The van der Waals surface area contributed by atoms with Gasteiger partial charge in [-0.2, -0.15) is 0 Å². The van der Waals surface area contributed by atoms with Gasteiger partial charge >= 0.3 is 5.97 Å². The summed E-state index contributed by atoms with van der Waals surface area (Å²) in [6.45, 7) is 0. The van der Waals surface area contributed by atoms with Gasteiger partial charge < -0.3 is 9.84 Å². The van der Waals surface area contributed by atoms with E-state index in [0.717, 1.165) is 18.4 Å². The Morgan fingerprint density at radius 2 is 1.95 bits per heavy atom. The average molecular weight is 294 g/mol. The third kappa shape index (κ3) is 1.75. The van der Waals surface area contributed by atoms with Crippen molar-refractivity contribution in [1.29, 1.82) is 0 Å². The van der Waals surface area contributed by atoms with Crippen LogP contribution in [0.2, 0.25) is 0 Å². The Hall–Kier alpha value is -2.13. The molecule has 3 heteroatoms. The summed E-state index contributed by atoms with van der Waals surface area (Å²) in [5.74, 6) is 0.125. The predicted octanol–water partition coefficient (Wildman–Crippen LogP) is 3.34. The van der Waals surface area contributed by atoms with Crippen molar-refractivity contribution in [2.45, 2.75) is 30.3 Å². The minimum Gasteiger partial charge on any atom is -0.465 e. The summed E-state index contributed by atoms with van der Waals surface area (Å²) in [6, 6.07) is 15.6. The van der Waals surface area contributed by atoms with Gasteiger partial charge in [-0.05, 0) is 47.6 Å². The molecule has 0 aromatic heterocycles. The van der Waals surface area contributed by atoms with Crippen molar-refractivity contribution >= 4 is 5.97 Å². The van der Waals surface area contributed by atoms with Gasteiger partial charge in [0, 0.05) is 5.92 Å². The van der Waals surface area contributed by atoms with Crippen LogP contribution in [0, 0.1) is 0 Å². The highest BCUT2D eigenvalue weighted by Crippen LogP contribution is 2.61.